The minimum Gasteiger partial charge on any atom is -0.412 e. The van der Waals surface area contributed by atoms with Crippen LogP contribution in [-0.4, -0.2) is 57.3 Å². The van der Waals surface area contributed by atoms with Crippen LogP contribution in [0.1, 0.15) is 0 Å². The van der Waals surface area contributed by atoms with Gasteiger partial charge in [0.1, 0.15) is 0 Å². The maximum atomic E-state index is 0. The molecule has 0 aliphatic rings. The minimum absolute atomic E-state index is 0. The maximum absolute atomic E-state index is 0. The summed E-state index contributed by atoms with van der Waals surface area (Å²) in [5.74, 6) is 0. The summed E-state index contributed by atoms with van der Waals surface area (Å²) in [6.07, 6.45) is 0. The molecule has 50 valence electrons. The van der Waals surface area contributed by atoms with Gasteiger partial charge in [-0.1, -0.05) is 0 Å². The monoisotopic (exact) mass is 268 g/mol. The molecule has 0 heterocycles. The van der Waals surface area contributed by atoms with E-state index in [9.17, 15) is 0 Å². The molecule has 2 radical (unpaired) electrons. The topological polar surface area (TPSA) is 189 Å². The molecule has 0 aromatic rings. The zero-order chi connectivity index (χ0) is 0. The van der Waals surface area contributed by atoms with Gasteiger partial charge in [-0.05, 0) is 0 Å². The summed E-state index contributed by atoms with van der Waals surface area (Å²) in [5, 5.41) is 0. The summed E-state index contributed by atoms with van der Waals surface area (Å²) in [5.41, 5.74) is 0. The summed E-state index contributed by atoms with van der Waals surface area (Å²) >= 11 is 0. The van der Waals surface area contributed by atoms with Crippen LogP contribution in [0.3, 0.4) is 0 Å². The quantitative estimate of drug-likeness (QED) is 0.377. The molecule has 0 saturated carbocycles. The Morgan fingerprint density at radius 1 is 0.375 bits per heavy atom. The smallest absolute Gasteiger partial charge is 0.412 e. The summed E-state index contributed by atoms with van der Waals surface area (Å²) in [7, 11) is 0. The van der Waals surface area contributed by atoms with E-state index in [2.05, 4.69) is 0 Å². The molecule has 6 nitrogen and oxygen atoms in total. The van der Waals surface area contributed by atoms with Crippen molar-refractivity contribution >= 4 is 24.4 Å². The number of rotatable bonds is 0. The SMILES string of the molecule is O.O.O.O.O.O.[K+].[Sb+3]. The molecule has 0 aliphatic heterocycles. The predicted molar refractivity (Wildman–Crippen MR) is 27.4 cm³/mol. The second-order valence-electron chi connectivity index (χ2n) is 0. The Morgan fingerprint density at radius 3 is 0.375 bits per heavy atom. The number of hydrogen-bond acceptors (Lipinski definition) is 0. The first kappa shape index (κ1) is 177. The molecular formula is H12KO6Sb+4. The van der Waals surface area contributed by atoms with Gasteiger partial charge in [-0.2, -0.15) is 0 Å². The first-order valence-electron chi connectivity index (χ1n) is 0. The van der Waals surface area contributed by atoms with Gasteiger partial charge >= 0.3 is 75.8 Å². The second-order valence-corrected chi connectivity index (χ2v) is 0. The van der Waals surface area contributed by atoms with Crippen LogP contribution in [0.2, 0.25) is 0 Å². The average Bonchev–Trinajstić information content (AvgIpc) is 0. The van der Waals surface area contributed by atoms with E-state index in [0.29, 0.717) is 0 Å². The predicted octanol–water partition coefficient (Wildman–Crippen LogP) is -8.32. The summed E-state index contributed by atoms with van der Waals surface area (Å²) < 4.78 is 0. The van der Waals surface area contributed by atoms with Gasteiger partial charge in [0, 0.05) is 0 Å². The molecule has 0 atom stereocenters. The summed E-state index contributed by atoms with van der Waals surface area (Å²) in [4.78, 5) is 0. The molecule has 0 rings (SSSR count). The van der Waals surface area contributed by atoms with Crippen molar-refractivity contribution in [2.75, 3.05) is 0 Å². The van der Waals surface area contributed by atoms with Crippen molar-refractivity contribution in [3.8, 4) is 0 Å². The molecule has 0 spiro atoms. The molecule has 0 bridgehead atoms. The van der Waals surface area contributed by atoms with Crippen LogP contribution in [0.15, 0.2) is 0 Å². The Kier molecular flexibility index (Phi) is 2800. The van der Waals surface area contributed by atoms with E-state index < -0.39 is 0 Å². The van der Waals surface area contributed by atoms with Crippen molar-refractivity contribution in [2.24, 2.45) is 0 Å². The largest absolute Gasteiger partial charge is 3.00 e. The van der Waals surface area contributed by atoms with Gasteiger partial charge in [-0.15, -0.1) is 0 Å². The van der Waals surface area contributed by atoms with Crippen LogP contribution in [-0.2, 0) is 0 Å². The van der Waals surface area contributed by atoms with Crippen molar-refractivity contribution in [1.82, 2.24) is 0 Å². The molecule has 0 saturated heterocycles. The first-order chi connectivity index (χ1) is 0. The van der Waals surface area contributed by atoms with E-state index >= 15 is 0 Å². The fraction of sp³-hybridized carbons (Fsp3) is 0. The molecule has 8 heavy (non-hydrogen) atoms. The van der Waals surface area contributed by atoms with Crippen LogP contribution < -0.4 is 51.4 Å². The molecule has 0 amide bonds. The summed E-state index contributed by atoms with van der Waals surface area (Å²) in [6, 6.07) is 0. The zero-order valence-electron chi connectivity index (χ0n) is 4.45. The second kappa shape index (κ2) is 127. The molecule has 12 N–H and O–H groups in total. The van der Waals surface area contributed by atoms with Gasteiger partial charge in [0.2, 0.25) is 0 Å². The van der Waals surface area contributed by atoms with Crippen molar-refractivity contribution < 1.29 is 84.2 Å². The molecule has 0 aromatic heterocycles. The van der Waals surface area contributed by atoms with E-state index in [1.54, 1.807) is 0 Å². The van der Waals surface area contributed by atoms with Crippen LogP contribution in [0.4, 0.5) is 0 Å². The van der Waals surface area contributed by atoms with E-state index in [1.807, 2.05) is 0 Å². The van der Waals surface area contributed by atoms with Crippen molar-refractivity contribution in [3.05, 3.63) is 0 Å². The molecule has 8 heteroatoms. The fourth-order valence-corrected chi connectivity index (χ4v) is 0. The Bertz CT molecular complexity index is 8.49. The molecule has 0 aliphatic carbocycles. The van der Waals surface area contributed by atoms with E-state index in [0.717, 1.165) is 0 Å². The van der Waals surface area contributed by atoms with Crippen molar-refractivity contribution in [2.45, 2.75) is 0 Å². The Labute approximate surface area is 107 Å². The van der Waals surface area contributed by atoms with Crippen LogP contribution >= 0.6 is 0 Å². The van der Waals surface area contributed by atoms with Crippen LogP contribution in [0.25, 0.3) is 0 Å². The van der Waals surface area contributed by atoms with E-state index in [-0.39, 0.29) is 109 Å². The van der Waals surface area contributed by atoms with E-state index in [1.165, 1.54) is 0 Å². The van der Waals surface area contributed by atoms with Gasteiger partial charge in [-0.25, -0.2) is 0 Å². The van der Waals surface area contributed by atoms with Crippen LogP contribution in [0, 0.1) is 0 Å². The van der Waals surface area contributed by atoms with Gasteiger partial charge in [-0.3, -0.25) is 0 Å². The average molecular weight is 269 g/mol. The third kappa shape index (κ3) is 87.2. The normalized spacial score (nSPS) is 0. The maximum Gasteiger partial charge on any atom is 3.00 e. The van der Waals surface area contributed by atoms with Crippen molar-refractivity contribution in [1.29, 1.82) is 0 Å². The van der Waals surface area contributed by atoms with Gasteiger partial charge in [0.25, 0.3) is 0 Å². The third-order valence-corrected chi connectivity index (χ3v) is 0. The Hall–Kier alpha value is 2.21. The van der Waals surface area contributed by atoms with Gasteiger partial charge < -0.3 is 32.9 Å². The third-order valence-electron chi connectivity index (χ3n) is 0. The van der Waals surface area contributed by atoms with Gasteiger partial charge in [0.05, 0.1) is 0 Å². The van der Waals surface area contributed by atoms with Gasteiger partial charge in [0.15, 0.2) is 0 Å². The fourth-order valence-electron chi connectivity index (χ4n) is 0. The number of hydrogen-bond donors (Lipinski definition) is 0. The van der Waals surface area contributed by atoms with Crippen LogP contribution in [0.5, 0.6) is 0 Å². The first-order valence-corrected chi connectivity index (χ1v) is 0. The summed E-state index contributed by atoms with van der Waals surface area (Å²) in [6.45, 7) is 0. The zero-order valence-corrected chi connectivity index (χ0v) is 10.1. The standard InChI is InChI=1S/K.6H2O.Sb/h;6*1H2;/q+1;;;;;;;+3. The Morgan fingerprint density at radius 2 is 0.375 bits per heavy atom. The van der Waals surface area contributed by atoms with Crippen molar-refractivity contribution in [3.63, 3.8) is 0 Å². The Balaban J connectivity index is 0. The molecule has 0 fully saturated rings. The van der Waals surface area contributed by atoms with E-state index in [4.69, 9.17) is 0 Å². The molecule has 0 unspecified atom stereocenters. The molecule has 0 aromatic carbocycles. The minimum atomic E-state index is 0. The molecular weight excluding hydrogens is 257 g/mol.